The molecule has 0 spiro atoms. The van der Waals surface area contributed by atoms with Gasteiger partial charge in [-0.15, -0.1) is 0 Å². The maximum atomic E-state index is 6.30. The summed E-state index contributed by atoms with van der Waals surface area (Å²) in [4.78, 5) is 0. The monoisotopic (exact) mass is 198 g/mol. The Morgan fingerprint density at radius 1 is 1.23 bits per heavy atom. The molecule has 2 heteroatoms. The van der Waals surface area contributed by atoms with Gasteiger partial charge in [-0.3, -0.25) is 0 Å². The summed E-state index contributed by atoms with van der Waals surface area (Å²) >= 11 is 0. The molecular formula is C11H22OSi. The fourth-order valence-electron chi connectivity index (χ4n) is 2.02. The molecule has 0 radical (unpaired) electrons. The molecule has 1 aliphatic carbocycles. The predicted octanol–water partition coefficient (Wildman–Crippen LogP) is 3.73. The molecule has 1 rings (SSSR count). The van der Waals surface area contributed by atoms with E-state index >= 15 is 0 Å². The van der Waals surface area contributed by atoms with E-state index in [1.165, 1.54) is 31.0 Å². The topological polar surface area (TPSA) is 9.23 Å². The molecule has 0 aromatic heterocycles. The van der Waals surface area contributed by atoms with Crippen molar-refractivity contribution in [2.75, 3.05) is 0 Å². The lowest BCUT2D eigenvalue weighted by Gasteiger charge is -2.31. The Morgan fingerprint density at radius 2 is 1.85 bits per heavy atom. The van der Waals surface area contributed by atoms with Crippen LogP contribution in [0, 0.1) is 0 Å². The second kappa shape index (κ2) is 4.96. The first kappa shape index (κ1) is 11.0. The molecule has 0 N–H and O–H groups in total. The van der Waals surface area contributed by atoms with E-state index in [9.17, 15) is 0 Å². The molecule has 76 valence electrons. The number of rotatable bonds is 5. The van der Waals surface area contributed by atoms with Gasteiger partial charge in [0.25, 0.3) is 0 Å². The highest BCUT2D eigenvalue weighted by molar-refractivity contribution is 6.73. The Hall–Kier alpha value is -0.0831. The van der Waals surface area contributed by atoms with E-state index < -0.39 is 8.32 Å². The van der Waals surface area contributed by atoms with E-state index in [0.29, 0.717) is 6.10 Å². The SMILES string of the molecule is CC[Si](CC)(CC)O[C@H]1C=CCC1. The summed E-state index contributed by atoms with van der Waals surface area (Å²) < 4.78 is 6.30. The van der Waals surface area contributed by atoms with Gasteiger partial charge in [-0.05, 0) is 31.0 Å². The van der Waals surface area contributed by atoms with Crippen molar-refractivity contribution >= 4 is 8.32 Å². The molecule has 13 heavy (non-hydrogen) atoms. The van der Waals surface area contributed by atoms with Crippen molar-refractivity contribution in [2.24, 2.45) is 0 Å². The molecule has 1 aliphatic rings. The van der Waals surface area contributed by atoms with Crippen molar-refractivity contribution in [3.8, 4) is 0 Å². The standard InChI is InChI=1S/C11H22OSi/c1-4-13(5-2,6-3)12-11-9-7-8-10-11/h7,9,11H,4-6,8,10H2,1-3H3/t11-/m0/s1. The Kier molecular flexibility index (Phi) is 4.20. The first-order valence-corrected chi connectivity index (χ1v) is 8.13. The molecule has 0 unspecified atom stereocenters. The third kappa shape index (κ3) is 2.68. The van der Waals surface area contributed by atoms with E-state index in [1.54, 1.807) is 0 Å². The van der Waals surface area contributed by atoms with E-state index in [2.05, 4.69) is 32.9 Å². The van der Waals surface area contributed by atoms with Gasteiger partial charge in [0, 0.05) is 0 Å². The van der Waals surface area contributed by atoms with Crippen LogP contribution in [0.1, 0.15) is 33.6 Å². The van der Waals surface area contributed by atoms with Crippen LogP contribution >= 0.6 is 0 Å². The van der Waals surface area contributed by atoms with E-state index in [4.69, 9.17) is 4.43 Å². The van der Waals surface area contributed by atoms with Gasteiger partial charge in [0.15, 0.2) is 8.32 Å². The fourth-order valence-corrected chi connectivity index (χ4v) is 4.86. The Labute approximate surface area is 83.3 Å². The van der Waals surface area contributed by atoms with Crippen molar-refractivity contribution < 1.29 is 4.43 Å². The second-order valence-corrected chi connectivity index (χ2v) is 8.63. The second-order valence-electron chi connectivity index (χ2n) is 3.91. The lowest BCUT2D eigenvalue weighted by molar-refractivity contribution is 0.232. The fraction of sp³-hybridized carbons (Fsp3) is 0.818. The quantitative estimate of drug-likeness (QED) is 0.483. The van der Waals surface area contributed by atoms with Gasteiger partial charge in [0.2, 0.25) is 0 Å². The summed E-state index contributed by atoms with van der Waals surface area (Å²) in [5.41, 5.74) is 0. The van der Waals surface area contributed by atoms with Gasteiger partial charge in [-0.1, -0.05) is 32.9 Å². The molecule has 0 heterocycles. The summed E-state index contributed by atoms with van der Waals surface area (Å²) in [5, 5.41) is 0. The van der Waals surface area contributed by atoms with Gasteiger partial charge >= 0.3 is 0 Å². The number of hydrogen-bond donors (Lipinski definition) is 0. The molecule has 0 amide bonds. The lowest BCUT2D eigenvalue weighted by atomic mass is 10.3. The van der Waals surface area contributed by atoms with Crippen LogP contribution < -0.4 is 0 Å². The molecule has 0 saturated heterocycles. The van der Waals surface area contributed by atoms with Crippen molar-refractivity contribution in [1.29, 1.82) is 0 Å². The smallest absolute Gasteiger partial charge is 0.192 e. The first-order valence-electron chi connectivity index (χ1n) is 5.60. The molecule has 1 atom stereocenters. The van der Waals surface area contributed by atoms with Gasteiger partial charge in [-0.25, -0.2) is 0 Å². The maximum absolute atomic E-state index is 6.30. The van der Waals surface area contributed by atoms with Crippen molar-refractivity contribution in [3.05, 3.63) is 12.2 Å². The third-order valence-electron chi connectivity index (χ3n) is 3.30. The Bertz CT molecular complexity index is 165. The molecule has 0 aromatic rings. The van der Waals surface area contributed by atoms with Gasteiger partial charge < -0.3 is 4.43 Å². The highest BCUT2D eigenvalue weighted by atomic mass is 28.4. The van der Waals surface area contributed by atoms with Crippen molar-refractivity contribution in [1.82, 2.24) is 0 Å². The van der Waals surface area contributed by atoms with E-state index in [1.807, 2.05) is 0 Å². The third-order valence-corrected chi connectivity index (χ3v) is 7.97. The summed E-state index contributed by atoms with van der Waals surface area (Å²) in [5.74, 6) is 0. The van der Waals surface area contributed by atoms with Crippen LogP contribution in [0.3, 0.4) is 0 Å². The predicted molar refractivity (Wildman–Crippen MR) is 60.4 cm³/mol. The normalized spacial score (nSPS) is 22.5. The number of allylic oxidation sites excluding steroid dienone is 1. The van der Waals surface area contributed by atoms with E-state index in [0.717, 1.165) is 0 Å². The van der Waals surface area contributed by atoms with Crippen LogP contribution in [0.15, 0.2) is 12.2 Å². The summed E-state index contributed by atoms with van der Waals surface area (Å²) in [6.07, 6.45) is 7.39. The minimum Gasteiger partial charge on any atom is -0.411 e. The summed E-state index contributed by atoms with van der Waals surface area (Å²) in [6, 6.07) is 3.80. The molecular weight excluding hydrogens is 176 g/mol. The van der Waals surface area contributed by atoms with Crippen LogP contribution in [0.25, 0.3) is 0 Å². The van der Waals surface area contributed by atoms with Crippen LogP contribution in [0.2, 0.25) is 18.1 Å². The highest BCUT2D eigenvalue weighted by Crippen LogP contribution is 2.26. The van der Waals surface area contributed by atoms with Crippen LogP contribution in [-0.2, 0) is 4.43 Å². The van der Waals surface area contributed by atoms with Crippen LogP contribution in [0.4, 0.5) is 0 Å². The average Bonchev–Trinajstić information content (AvgIpc) is 2.67. The minimum atomic E-state index is -1.33. The molecule has 1 nitrogen and oxygen atoms in total. The summed E-state index contributed by atoms with van der Waals surface area (Å²) in [6.45, 7) is 6.87. The van der Waals surface area contributed by atoms with Crippen molar-refractivity contribution in [2.45, 2.75) is 57.8 Å². The molecule has 0 fully saturated rings. The van der Waals surface area contributed by atoms with Gasteiger partial charge in [0.1, 0.15) is 0 Å². The van der Waals surface area contributed by atoms with Gasteiger partial charge in [0.05, 0.1) is 6.10 Å². The largest absolute Gasteiger partial charge is 0.411 e. The van der Waals surface area contributed by atoms with Crippen LogP contribution in [0.5, 0.6) is 0 Å². The van der Waals surface area contributed by atoms with Crippen LogP contribution in [-0.4, -0.2) is 14.4 Å². The summed E-state index contributed by atoms with van der Waals surface area (Å²) in [7, 11) is -1.33. The van der Waals surface area contributed by atoms with E-state index in [-0.39, 0.29) is 0 Å². The minimum absolute atomic E-state index is 0.450. The maximum Gasteiger partial charge on any atom is 0.192 e. The van der Waals surface area contributed by atoms with Crippen molar-refractivity contribution in [3.63, 3.8) is 0 Å². The molecule has 0 bridgehead atoms. The zero-order chi connectivity index (χ0) is 9.73. The lowest BCUT2D eigenvalue weighted by Crippen LogP contribution is -2.38. The van der Waals surface area contributed by atoms with Gasteiger partial charge in [-0.2, -0.15) is 0 Å². The zero-order valence-electron chi connectivity index (χ0n) is 9.18. The number of hydrogen-bond acceptors (Lipinski definition) is 1. The highest BCUT2D eigenvalue weighted by Gasteiger charge is 2.31. The molecule has 0 aliphatic heterocycles. The average molecular weight is 198 g/mol. The zero-order valence-corrected chi connectivity index (χ0v) is 10.2. The molecule has 0 saturated carbocycles. The molecule has 0 aromatic carbocycles. The first-order chi connectivity index (χ1) is 6.26. The Morgan fingerprint density at radius 3 is 2.23 bits per heavy atom. The Balaban J connectivity index is 2.50.